The number of aliphatic hydroxyl groups is 1. The van der Waals surface area contributed by atoms with E-state index in [1.165, 1.54) is 18.1 Å². The molecule has 1 aliphatic carbocycles. The highest BCUT2D eigenvalue weighted by Crippen LogP contribution is 2.28. The van der Waals surface area contributed by atoms with Gasteiger partial charge in [0.15, 0.2) is 5.60 Å². The first-order chi connectivity index (χ1) is 7.01. The Morgan fingerprint density at radius 2 is 2.00 bits per heavy atom. The van der Waals surface area contributed by atoms with E-state index in [1.807, 2.05) is 12.1 Å². The zero-order valence-corrected chi connectivity index (χ0v) is 8.66. The van der Waals surface area contributed by atoms with E-state index in [9.17, 15) is 9.90 Å². The summed E-state index contributed by atoms with van der Waals surface area (Å²) >= 11 is 0. The molecular formula is C12H14O3. The highest BCUT2D eigenvalue weighted by Gasteiger charge is 2.32. The van der Waals surface area contributed by atoms with E-state index in [4.69, 9.17) is 5.11 Å². The van der Waals surface area contributed by atoms with Crippen molar-refractivity contribution in [1.82, 2.24) is 0 Å². The second kappa shape index (κ2) is 3.35. The molecule has 0 spiro atoms. The fourth-order valence-electron chi connectivity index (χ4n) is 2.00. The molecule has 0 saturated heterocycles. The molecule has 2 rings (SSSR count). The summed E-state index contributed by atoms with van der Waals surface area (Å²) in [5.74, 6) is -1.21. The quantitative estimate of drug-likeness (QED) is 0.770. The van der Waals surface area contributed by atoms with Gasteiger partial charge in [-0.15, -0.1) is 0 Å². The van der Waals surface area contributed by atoms with Crippen LogP contribution in [0.4, 0.5) is 0 Å². The van der Waals surface area contributed by atoms with Gasteiger partial charge >= 0.3 is 5.97 Å². The van der Waals surface area contributed by atoms with Crippen molar-refractivity contribution >= 4 is 5.97 Å². The van der Waals surface area contributed by atoms with Crippen molar-refractivity contribution in [1.29, 1.82) is 0 Å². The Morgan fingerprint density at radius 3 is 2.67 bits per heavy atom. The van der Waals surface area contributed by atoms with Crippen molar-refractivity contribution < 1.29 is 15.0 Å². The van der Waals surface area contributed by atoms with Crippen molar-refractivity contribution in [3.63, 3.8) is 0 Å². The summed E-state index contributed by atoms with van der Waals surface area (Å²) < 4.78 is 0. The van der Waals surface area contributed by atoms with E-state index in [0.29, 0.717) is 5.56 Å². The molecular weight excluding hydrogens is 192 g/mol. The van der Waals surface area contributed by atoms with E-state index in [2.05, 4.69) is 0 Å². The smallest absolute Gasteiger partial charge is 0.340 e. The summed E-state index contributed by atoms with van der Waals surface area (Å²) in [7, 11) is 0. The zero-order valence-electron chi connectivity index (χ0n) is 8.66. The van der Waals surface area contributed by atoms with Gasteiger partial charge in [0, 0.05) is 0 Å². The summed E-state index contributed by atoms with van der Waals surface area (Å²) in [6, 6.07) is 5.45. The van der Waals surface area contributed by atoms with Crippen molar-refractivity contribution in [2.45, 2.75) is 31.8 Å². The van der Waals surface area contributed by atoms with Crippen LogP contribution in [0.3, 0.4) is 0 Å². The molecule has 2 N–H and O–H groups in total. The van der Waals surface area contributed by atoms with Crippen LogP contribution < -0.4 is 0 Å². The summed E-state index contributed by atoms with van der Waals surface area (Å²) in [4.78, 5) is 10.9. The second-order valence-electron chi connectivity index (χ2n) is 4.21. The van der Waals surface area contributed by atoms with Crippen LogP contribution in [-0.4, -0.2) is 16.2 Å². The topological polar surface area (TPSA) is 57.5 Å². The van der Waals surface area contributed by atoms with Crippen LogP contribution in [0, 0.1) is 0 Å². The van der Waals surface area contributed by atoms with Gasteiger partial charge in [0.05, 0.1) is 0 Å². The molecule has 0 saturated carbocycles. The predicted molar refractivity (Wildman–Crippen MR) is 55.7 cm³/mol. The molecule has 0 aromatic heterocycles. The molecule has 0 fully saturated rings. The highest BCUT2D eigenvalue weighted by molar-refractivity contribution is 5.78. The Labute approximate surface area is 88.4 Å². The van der Waals surface area contributed by atoms with E-state index >= 15 is 0 Å². The Bertz CT molecular complexity index is 407. The number of hydrogen-bond donors (Lipinski definition) is 2. The molecule has 3 nitrogen and oxygen atoms in total. The molecule has 1 aliphatic rings. The van der Waals surface area contributed by atoms with Gasteiger partial charge in [0.25, 0.3) is 0 Å². The first kappa shape index (κ1) is 10.2. The second-order valence-corrected chi connectivity index (χ2v) is 4.21. The van der Waals surface area contributed by atoms with Gasteiger partial charge in [-0.25, -0.2) is 4.79 Å². The highest BCUT2D eigenvalue weighted by atomic mass is 16.4. The normalized spacial score (nSPS) is 18.3. The maximum absolute atomic E-state index is 10.9. The molecule has 1 aromatic rings. The van der Waals surface area contributed by atoms with E-state index in [1.54, 1.807) is 6.07 Å². The van der Waals surface area contributed by atoms with Gasteiger partial charge in [0.2, 0.25) is 0 Å². The van der Waals surface area contributed by atoms with Crippen LogP contribution in [0.1, 0.15) is 30.0 Å². The van der Waals surface area contributed by atoms with Crippen LogP contribution in [-0.2, 0) is 23.2 Å². The SMILES string of the molecule is CC(O)(C(=O)O)c1ccc2c(c1)CCC2. The Kier molecular flexibility index (Phi) is 2.27. The summed E-state index contributed by atoms with van der Waals surface area (Å²) in [6.07, 6.45) is 3.16. The molecule has 0 bridgehead atoms. The van der Waals surface area contributed by atoms with Crippen molar-refractivity contribution in [2.75, 3.05) is 0 Å². The number of carbonyl (C=O) groups is 1. The lowest BCUT2D eigenvalue weighted by molar-refractivity contribution is -0.157. The molecule has 1 atom stereocenters. The Hall–Kier alpha value is -1.35. The van der Waals surface area contributed by atoms with Crippen LogP contribution in [0.15, 0.2) is 18.2 Å². The van der Waals surface area contributed by atoms with Gasteiger partial charge in [-0.1, -0.05) is 18.2 Å². The average Bonchev–Trinajstić information content (AvgIpc) is 2.63. The molecule has 3 heteroatoms. The fourth-order valence-corrected chi connectivity index (χ4v) is 2.00. The average molecular weight is 206 g/mol. The minimum absolute atomic E-state index is 0.468. The van der Waals surface area contributed by atoms with Crippen molar-refractivity contribution in [2.24, 2.45) is 0 Å². The molecule has 0 amide bonds. The van der Waals surface area contributed by atoms with Gasteiger partial charge in [0.1, 0.15) is 0 Å². The molecule has 1 aromatic carbocycles. The molecule has 0 aliphatic heterocycles. The lowest BCUT2D eigenvalue weighted by atomic mass is 9.93. The monoisotopic (exact) mass is 206 g/mol. The van der Waals surface area contributed by atoms with Crippen LogP contribution in [0.2, 0.25) is 0 Å². The zero-order chi connectivity index (χ0) is 11.1. The maximum atomic E-state index is 10.9. The number of hydrogen-bond acceptors (Lipinski definition) is 2. The van der Waals surface area contributed by atoms with Crippen LogP contribution in [0.25, 0.3) is 0 Å². The van der Waals surface area contributed by atoms with E-state index < -0.39 is 11.6 Å². The van der Waals surface area contributed by atoms with Gasteiger partial charge in [-0.2, -0.15) is 0 Å². The Balaban J connectivity index is 2.42. The lowest BCUT2D eigenvalue weighted by Gasteiger charge is -2.19. The van der Waals surface area contributed by atoms with Crippen LogP contribution >= 0.6 is 0 Å². The van der Waals surface area contributed by atoms with Gasteiger partial charge in [-0.05, 0) is 42.9 Å². The lowest BCUT2D eigenvalue weighted by Crippen LogP contribution is -2.31. The number of benzene rings is 1. The standard InChI is InChI=1S/C12H14O3/c1-12(15,11(13)14)10-6-5-8-3-2-4-9(8)7-10/h5-7,15H,2-4H2,1H3,(H,13,14). The van der Waals surface area contributed by atoms with Crippen molar-refractivity contribution in [3.8, 4) is 0 Å². The van der Waals surface area contributed by atoms with E-state index in [0.717, 1.165) is 19.3 Å². The van der Waals surface area contributed by atoms with Crippen molar-refractivity contribution in [3.05, 3.63) is 34.9 Å². The third-order valence-corrected chi connectivity index (χ3v) is 3.08. The molecule has 80 valence electrons. The minimum atomic E-state index is -1.78. The number of aryl methyl sites for hydroxylation is 2. The van der Waals surface area contributed by atoms with Gasteiger partial charge < -0.3 is 10.2 Å². The summed E-state index contributed by atoms with van der Waals surface area (Å²) in [6.45, 7) is 1.31. The largest absolute Gasteiger partial charge is 0.479 e. The molecule has 1 unspecified atom stereocenters. The number of carboxylic acid groups (broad SMARTS) is 1. The fraction of sp³-hybridized carbons (Fsp3) is 0.417. The van der Waals surface area contributed by atoms with Gasteiger partial charge in [-0.3, -0.25) is 0 Å². The third-order valence-electron chi connectivity index (χ3n) is 3.08. The number of fused-ring (bicyclic) bond motifs is 1. The molecule has 0 radical (unpaired) electrons. The third kappa shape index (κ3) is 1.63. The number of rotatable bonds is 2. The number of carboxylic acids is 1. The molecule has 0 heterocycles. The van der Waals surface area contributed by atoms with Crippen LogP contribution in [0.5, 0.6) is 0 Å². The number of aliphatic carboxylic acids is 1. The van der Waals surface area contributed by atoms with E-state index in [-0.39, 0.29) is 0 Å². The minimum Gasteiger partial charge on any atom is -0.479 e. The summed E-state index contributed by atoms with van der Waals surface area (Å²) in [5, 5.41) is 18.7. The first-order valence-corrected chi connectivity index (χ1v) is 5.10. The Morgan fingerprint density at radius 1 is 1.33 bits per heavy atom. The summed E-state index contributed by atoms with van der Waals surface area (Å²) in [5.41, 5.74) is 1.14. The molecule has 15 heavy (non-hydrogen) atoms. The first-order valence-electron chi connectivity index (χ1n) is 5.10. The predicted octanol–water partition coefficient (Wildman–Crippen LogP) is 1.47. The maximum Gasteiger partial charge on any atom is 0.340 e.